The van der Waals surface area contributed by atoms with Crippen LogP contribution in [0.4, 0.5) is 0 Å². The fourth-order valence-corrected chi connectivity index (χ4v) is 5.08. The van der Waals surface area contributed by atoms with Crippen molar-refractivity contribution in [2.45, 2.75) is 38.6 Å². The van der Waals surface area contributed by atoms with E-state index in [1.165, 1.54) is 22.4 Å². The first-order valence-corrected chi connectivity index (χ1v) is 11.4. The lowest BCUT2D eigenvalue weighted by molar-refractivity contribution is 0.245. The Morgan fingerprint density at radius 1 is 1.03 bits per heavy atom. The highest BCUT2D eigenvalue weighted by molar-refractivity contribution is 5.81. The molecule has 1 saturated heterocycles. The normalized spacial score (nSPS) is 15.9. The number of nitrogens with zero attached hydrogens (tertiary/aromatic N) is 4. The number of aryl methyl sites for hydroxylation is 1. The molecule has 0 spiro atoms. The number of nitrogens with one attached hydrogen (secondary N) is 1. The van der Waals surface area contributed by atoms with Gasteiger partial charge in [0.15, 0.2) is 6.19 Å². The van der Waals surface area contributed by atoms with Crippen molar-refractivity contribution in [1.82, 2.24) is 14.8 Å². The summed E-state index contributed by atoms with van der Waals surface area (Å²) in [5, 5.41) is 12.0. The van der Waals surface area contributed by atoms with Crippen LogP contribution >= 0.6 is 0 Å². The van der Waals surface area contributed by atoms with Gasteiger partial charge in [-0.2, -0.15) is 5.26 Å². The number of piperidine rings is 1. The predicted molar refractivity (Wildman–Crippen MR) is 129 cm³/mol. The van der Waals surface area contributed by atoms with Crippen molar-refractivity contribution in [2.24, 2.45) is 4.99 Å². The van der Waals surface area contributed by atoms with E-state index in [-0.39, 0.29) is 5.41 Å². The van der Waals surface area contributed by atoms with Crippen molar-refractivity contribution in [3.63, 3.8) is 0 Å². The molecule has 1 N–H and O–H groups in total. The molecule has 0 unspecified atom stereocenters. The summed E-state index contributed by atoms with van der Waals surface area (Å²) in [6.07, 6.45) is 6.21. The Morgan fingerprint density at radius 2 is 1.69 bits per heavy atom. The molecule has 0 aliphatic carbocycles. The molecular formula is C27H31N5. The van der Waals surface area contributed by atoms with Gasteiger partial charge in [0.05, 0.1) is 0 Å². The van der Waals surface area contributed by atoms with Crippen molar-refractivity contribution >= 4 is 5.96 Å². The third-order valence-corrected chi connectivity index (χ3v) is 6.53. The summed E-state index contributed by atoms with van der Waals surface area (Å²) in [5.41, 5.74) is 5.31. The summed E-state index contributed by atoms with van der Waals surface area (Å²) < 4.78 is 2.43. The number of hydrogen-bond acceptors (Lipinski definition) is 2. The molecule has 0 saturated carbocycles. The zero-order chi connectivity index (χ0) is 22.4. The van der Waals surface area contributed by atoms with Gasteiger partial charge in [-0.05, 0) is 49.4 Å². The molecule has 1 aromatic heterocycles. The van der Waals surface area contributed by atoms with Crippen molar-refractivity contribution < 1.29 is 0 Å². The van der Waals surface area contributed by atoms with Crippen molar-refractivity contribution in [2.75, 3.05) is 19.6 Å². The number of nitriles is 1. The zero-order valence-corrected chi connectivity index (χ0v) is 19.0. The van der Waals surface area contributed by atoms with E-state index in [2.05, 4.69) is 99.6 Å². The van der Waals surface area contributed by atoms with Crippen LogP contribution in [0.2, 0.25) is 0 Å². The van der Waals surface area contributed by atoms with Gasteiger partial charge in [0.2, 0.25) is 5.96 Å². The van der Waals surface area contributed by atoms with Crippen LogP contribution < -0.4 is 5.32 Å². The van der Waals surface area contributed by atoms with Crippen molar-refractivity contribution in [3.8, 4) is 6.19 Å². The Morgan fingerprint density at radius 3 is 2.31 bits per heavy atom. The number of rotatable bonds is 5. The van der Waals surface area contributed by atoms with E-state index in [1.54, 1.807) is 0 Å². The van der Waals surface area contributed by atoms with Crippen molar-refractivity contribution in [3.05, 3.63) is 95.3 Å². The summed E-state index contributed by atoms with van der Waals surface area (Å²) >= 11 is 0. The van der Waals surface area contributed by atoms with Gasteiger partial charge < -0.3 is 9.47 Å². The lowest BCUT2D eigenvalue weighted by atomic mass is 9.69. The molecule has 4 rings (SSSR count). The number of aromatic nitrogens is 1. The van der Waals surface area contributed by atoms with Gasteiger partial charge in [-0.25, -0.2) is 0 Å². The summed E-state index contributed by atoms with van der Waals surface area (Å²) in [7, 11) is 0. The van der Waals surface area contributed by atoms with E-state index in [9.17, 15) is 0 Å². The number of aliphatic imine (C=N–C) groups is 1. The van der Waals surface area contributed by atoms with Gasteiger partial charge in [0, 0.05) is 43.5 Å². The molecule has 2 heterocycles. The van der Waals surface area contributed by atoms with E-state index >= 15 is 0 Å². The molecule has 164 valence electrons. The molecule has 0 amide bonds. The highest BCUT2D eigenvalue weighted by Crippen LogP contribution is 2.43. The maximum absolute atomic E-state index is 9.17. The zero-order valence-electron chi connectivity index (χ0n) is 19.0. The van der Waals surface area contributed by atoms with Crippen LogP contribution in [-0.2, 0) is 12.0 Å². The number of guanidine groups is 1. The van der Waals surface area contributed by atoms with Gasteiger partial charge in [0.25, 0.3) is 0 Å². The number of likely N-dealkylation sites (tertiary alicyclic amines) is 1. The monoisotopic (exact) mass is 425 g/mol. The molecule has 3 aromatic rings. The molecule has 5 heteroatoms. The molecule has 0 atom stereocenters. The minimum Gasteiger partial charge on any atom is -0.346 e. The second-order valence-electron chi connectivity index (χ2n) is 8.43. The van der Waals surface area contributed by atoms with Crippen LogP contribution in [0.15, 0.2) is 77.9 Å². The highest BCUT2D eigenvalue weighted by atomic mass is 15.3. The minimum absolute atomic E-state index is 0.0793. The first kappa shape index (κ1) is 21.7. The standard InChI is InChI=1S/C27H31N5/c1-3-29-26(30-21-28)31-18-15-27(16-19-31,24-12-8-5-9-13-24)25-22(2)14-17-32(25)20-23-10-6-4-7-11-23/h4-14,17H,3,15-16,18-20H2,1-2H3,(H,29,30). The Bertz CT molecular complexity index is 1080. The van der Waals surface area contributed by atoms with Crippen LogP contribution in [0.3, 0.4) is 0 Å². The van der Waals surface area contributed by atoms with E-state index in [4.69, 9.17) is 5.26 Å². The maximum atomic E-state index is 9.17. The van der Waals surface area contributed by atoms with Gasteiger partial charge in [-0.1, -0.05) is 60.7 Å². The Kier molecular flexibility index (Phi) is 6.61. The molecule has 2 aromatic carbocycles. The maximum Gasteiger partial charge on any atom is 0.207 e. The molecule has 32 heavy (non-hydrogen) atoms. The summed E-state index contributed by atoms with van der Waals surface area (Å²) in [5.74, 6) is 0.688. The average molecular weight is 426 g/mol. The fraction of sp³-hybridized carbons (Fsp3) is 0.333. The van der Waals surface area contributed by atoms with Gasteiger partial charge in [-0.3, -0.25) is 10.3 Å². The second kappa shape index (κ2) is 9.74. The van der Waals surface area contributed by atoms with Gasteiger partial charge in [-0.15, -0.1) is 0 Å². The lowest BCUT2D eigenvalue weighted by Gasteiger charge is -2.44. The summed E-state index contributed by atoms with van der Waals surface area (Å²) in [4.78, 5) is 6.73. The topological polar surface area (TPSA) is 56.4 Å². The van der Waals surface area contributed by atoms with E-state index < -0.39 is 0 Å². The van der Waals surface area contributed by atoms with Gasteiger partial charge in [0.1, 0.15) is 0 Å². The minimum atomic E-state index is -0.0793. The number of hydrogen-bond donors (Lipinski definition) is 1. The van der Waals surface area contributed by atoms with E-state index in [0.29, 0.717) is 12.5 Å². The molecule has 1 aliphatic rings. The quantitative estimate of drug-likeness (QED) is 0.280. The van der Waals surface area contributed by atoms with Crippen LogP contribution in [0.25, 0.3) is 0 Å². The van der Waals surface area contributed by atoms with E-state index in [1.807, 2.05) is 13.1 Å². The highest BCUT2D eigenvalue weighted by Gasteiger charge is 2.41. The largest absolute Gasteiger partial charge is 0.346 e. The van der Waals surface area contributed by atoms with Crippen molar-refractivity contribution in [1.29, 1.82) is 5.26 Å². The Hall–Kier alpha value is -3.52. The second-order valence-corrected chi connectivity index (χ2v) is 8.43. The molecule has 0 radical (unpaired) electrons. The van der Waals surface area contributed by atoms with Crippen LogP contribution in [0, 0.1) is 18.4 Å². The molecule has 1 fully saturated rings. The predicted octanol–water partition coefficient (Wildman–Crippen LogP) is 4.67. The smallest absolute Gasteiger partial charge is 0.207 e. The van der Waals surface area contributed by atoms with Gasteiger partial charge >= 0.3 is 0 Å². The summed E-state index contributed by atoms with van der Waals surface area (Å²) in [6.45, 7) is 7.44. The molecule has 1 aliphatic heterocycles. The Balaban J connectivity index is 1.72. The fourth-order valence-electron chi connectivity index (χ4n) is 5.08. The molecular weight excluding hydrogens is 394 g/mol. The number of benzene rings is 2. The molecule has 5 nitrogen and oxygen atoms in total. The van der Waals surface area contributed by atoms with Crippen LogP contribution in [0.1, 0.15) is 42.1 Å². The lowest BCUT2D eigenvalue weighted by Crippen LogP contribution is -2.49. The summed E-state index contributed by atoms with van der Waals surface area (Å²) in [6, 6.07) is 23.8. The van der Waals surface area contributed by atoms with E-state index in [0.717, 1.165) is 32.5 Å². The third kappa shape index (κ3) is 4.27. The Labute approximate surface area is 191 Å². The SMILES string of the molecule is CCN=C(NC#N)N1CCC(c2ccccc2)(c2c(C)ccn2Cc2ccccc2)CC1. The average Bonchev–Trinajstić information content (AvgIpc) is 3.20. The van der Waals surface area contributed by atoms with Crippen LogP contribution in [0.5, 0.6) is 0 Å². The van der Waals surface area contributed by atoms with Crippen LogP contribution in [-0.4, -0.2) is 35.1 Å². The first-order valence-electron chi connectivity index (χ1n) is 11.4. The third-order valence-electron chi connectivity index (χ3n) is 6.53. The first-order chi connectivity index (χ1) is 15.7. The molecule has 0 bridgehead atoms.